The number of furan rings is 1. The molecule has 0 aliphatic heterocycles. The van der Waals surface area contributed by atoms with Gasteiger partial charge in [-0.2, -0.15) is 0 Å². The molecule has 0 fully saturated rings. The van der Waals surface area contributed by atoms with Crippen molar-refractivity contribution in [1.29, 1.82) is 0 Å². The summed E-state index contributed by atoms with van der Waals surface area (Å²) in [6.07, 6.45) is 2.53. The third-order valence-corrected chi connectivity index (χ3v) is 2.31. The Bertz CT molecular complexity index is 456. The Balaban J connectivity index is 2.38. The summed E-state index contributed by atoms with van der Waals surface area (Å²) < 4.78 is 5.26. The standard InChI is InChI=1S/C12H13NO/c1-9(4-6-13)10-2-3-12-11(8-10)5-7-14-12/h2-3,5,7-8H,1,4,6,13H2. The van der Waals surface area contributed by atoms with Crippen molar-refractivity contribution in [3.8, 4) is 0 Å². The van der Waals surface area contributed by atoms with Crippen LogP contribution in [0.15, 0.2) is 41.5 Å². The van der Waals surface area contributed by atoms with Gasteiger partial charge in [0.05, 0.1) is 6.26 Å². The summed E-state index contributed by atoms with van der Waals surface area (Å²) in [5, 5.41) is 1.11. The van der Waals surface area contributed by atoms with E-state index in [1.807, 2.05) is 18.2 Å². The number of fused-ring (bicyclic) bond motifs is 1. The van der Waals surface area contributed by atoms with Gasteiger partial charge in [0, 0.05) is 5.39 Å². The molecule has 1 aromatic carbocycles. The lowest BCUT2D eigenvalue weighted by atomic mass is 10.0. The molecular weight excluding hydrogens is 174 g/mol. The van der Waals surface area contributed by atoms with E-state index in [2.05, 4.69) is 12.6 Å². The third-order valence-electron chi connectivity index (χ3n) is 2.31. The molecule has 1 aromatic heterocycles. The maximum Gasteiger partial charge on any atom is 0.133 e. The summed E-state index contributed by atoms with van der Waals surface area (Å²) in [6.45, 7) is 4.64. The van der Waals surface area contributed by atoms with Crippen molar-refractivity contribution in [2.75, 3.05) is 6.54 Å². The molecule has 0 radical (unpaired) electrons. The molecule has 0 bridgehead atoms. The topological polar surface area (TPSA) is 39.2 Å². The van der Waals surface area contributed by atoms with Crippen LogP contribution in [0.4, 0.5) is 0 Å². The predicted octanol–water partition coefficient (Wildman–Crippen LogP) is 2.79. The van der Waals surface area contributed by atoms with Gasteiger partial charge in [-0.3, -0.25) is 0 Å². The van der Waals surface area contributed by atoms with Crippen LogP contribution in [0.5, 0.6) is 0 Å². The fourth-order valence-electron chi connectivity index (χ4n) is 1.51. The third kappa shape index (κ3) is 1.56. The fraction of sp³-hybridized carbons (Fsp3) is 0.167. The maximum atomic E-state index is 5.48. The van der Waals surface area contributed by atoms with Gasteiger partial charge in [-0.15, -0.1) is 0 Å². The number of rotatable bonds is 3. The minimum Gasteiger partial charge on any atom is -0.464 e. The van der Waals surface area contributed by atoms with Crippen molar-refractivity contribution in [1.82, 2.24) is 0 Å². The van der Waals surface area contributed by atoms with Crippen LogP contribution in [0.25, 0.3) is 16.5 Å². The summed E-state index contributed by atoms with van der Waals surface area (Å²) in [4.78, 5) is 0. The minimum absolute atomic E-state index is 0.641. The molecule has 2 rings (SSSR count). The lowest BCUT2D eigenvalue weighted by Gasteiger charge is -2.03. The van der Waals surface area contributed by atoms with E-state index in [1.165, 1.54) is 0 Å². The van der Waals surface area contributed by atoms with Crippen molar-refractivity contribution in [3.05, 3.63) is 42.7 Å². The first kappa shape index (κ1) is 9.03. The second-order valence-corrected chi connectivity index (χ2v) is 3.32. The highest BCUT2D eigenvalue weighted by molar-refractivity contribution is 5.81. The van der Waals surface area contributed by atoms with Crippen LogP contribution < -0.4 is 5.73 Å². The van der Waals surface area contributed by atoms with E-state index < -0.39 is 0 Å². The average Bonchev–Trinajstić information content (AvgIpc) is 2.64. The molecule has 2 heteroatoms. The monoisotopic (exact) mass is 187 g/mol. The highest BCUT2D eigenvalue weighted by atomic mass is 16.3. The molecule has 0 saturated heterocycles. The molecule has 14 heavy (non-hydrogen) atoms. The second kappa shape index (κ2) is 3.68. The highest BCUT2D eigenvalue weighted by Crippen LogP contribution is 2.22. The van der Waals surface area contributed by atoms with Gasteiger partial charge >= 0.3 is 0 Å². The van der Waals surface area contributed by atoms with Crippen molar-refractivity contribution >= 4 is 16.5 Å². The number of hydrogen-bond donors (Lipinski definition) is 1. The molecule has 2 aromatic rings. The van der Waals surface area contributed by atoms with Crippen LogP contribution in [0.3, 0.4) is 0 Å². The summed E-state index contributed by atoms with van der Waals surface area (Å²) in [5.41, 5.74) is 8.61. The predicted molar refractivity (Wildman–Crippen MR) is 58.9 cm³/mol. The molecule has 2 N–H and O–H groups in total. The molecule has 0 amide bonds. The van der Waals surface area contributed by atoms with Crippen molar-refractivity contribution < 1.29 is 4.42 Å². The number of hydrogen-bond acceptors (Lipinski definition) is 2. The minimum atomic E-state index is 0.641. The molecule has 2 nitrogen and oxygen atoms in total. The van der Waals surface area contributed by atoms with Crippen molar-refractivity contribution in [2.45, 2.75) is 6.42 Å². The Morgan fingerprint density at radius 2 is 2.21 bits per heavy atom. The van der Waals surface area contributed by atoms with E-state index in [0.717, 1.165) is 28.5 Å². The van der Waals surface area contributed by atoms with E-state index in [0.29, 0.717) is 6.54 Å². The Morgan fingerprint density at radius 1 is 1.36 bits per heavy atom. The van der Waals surface area contributed by atoms with Gasteiger partial charge in [0.25, 0.3) is 0 Å². The lowest BCUT2D eigenvalue weighted by Crippen LogP contribution is -1.99. The summed E-state index contributed by atoms with van der Waals surface area (Å²) >= 11 is 0. The molecule has 1 heterocycles. The Labute approximate surface area is 83.0 Å². The Hall–Kier alpha value is -1.54. The Morgan fingerprint density at radius 3 is 3.00 bits per heavy atom. The first-order valence-electron chi connectivity index (χ1n) is 4.67. The van der Waals surface area contributed by atoms with Gasteiger partial charge in [-0.25, -0.2) is 0 Å². The average molecular weight is 187 g/mol. The zero-order chi connectivity index (χ0) is 9.97. The largest absolute Gasteiger partial charge is 0.464 e. The molecule has 0 spiro atoms. The van der Waals surface area contributed by atoms with Crippen LogP contribution in [0, 0.1) is 0 Å². The van der Waals surface area contributed by atoms with Crippen LogP contribution in [0.1, 0.15) is 12.0 Å². The zero-order valence-corrected chi connectivity index (χ0v) is 7.99. The van der Waals surface area contributed by atoms with Crippen LogP contribution >= 0.6 is 0 Å². The normalized spacial score (nSPS) is 10.6. The van der Waals surface area contributed by atoms with Gasteiger partial charge in [0.1, 0.15) is 5.58 Å². The summed E-state index contributed by atoms with van der Waals surface area (Å²) in [5.74, 6) is 0. The van der Waals surface area contributed by atoms with Gasteiger partial charge in [0.15, 0.2) is 0 Å². The first-order chi connectivity index (χ1) is 6.81. The first-order valence-corrected chi connectivity index (χ1v) is 4.67. The SMILES string of the molecule is C=C(CCN)c1ccc2occc2c1. The van der Waals surface area contributed by atoms with Crippen LogP contribution in [0.2, 0.25) is 0 Å². The maximum absolute atomic E-state index is 5.48. The second-order valence-electron chi connectivity index (χ2n) is 3.32. The summed E-state index contributed by atoms with van der Waals surface area (Å²) in [6, 6.07) is 8.02. The number of benzene rings is 1. The van der Waals surface area contributed by atoms with Crippen molar-refractivity contribution in [3.63, 3.8) is 0 Å². The number of nitrogens with two attached hydrogens (primary N) is 1. The van der Waals surface area contributed by atoms with Crippen molar-refractivity contribution in [2.24, 2.45) is 5.73 Å². The lowest BCUT2D eigenvalue weighted by molar-refractivity contribution is 0.616. The summed E-state index contributed by atoms with van der Waals surface area (Å²) in [7, 11) is 0. The quantitative estimate of drug-likeness (QED) is 0.802. The fourth-order valence-corrected chi connectivity index (χ4v) is 1.51. The molecule has 0 atom stereocenters. The molecule has 0 unspecified atom stereocenters. The smallest absolute Gasteiger partial charge is 0.133 e. The van der Waals surface area contributed by atoms with E-state index in [-0.39, 0.29) is 0 Å². The van der Waals surface area contributed by atoms with E-state index >= 15 is 0 Å². The van der Waals surface area contributed by atoms with Crippen LogP contribution in [-0.2, 0) is 0 Å². The van der Waals surface area contributed by atoms with E-state index in [9.17, 15) is 0 Å². The van der Waals surface area contributed by atoms with E-state index in [1.54, 1.807) is 6.26 Å². The zero-order valence-electron chi connectivity index (χ0n) is 7.99. The van der Waals surface area contributed by atoms with E-state index in [4.69, 9.17) is 10.2 Å². The van der Waals surface area contributed by atoms with Gasteiger partial charge < -0.3 is 10.2 Å². The van der Waals surface area contributed by atoms with Gasteiger partial charge in [-0.05, 0) is 42.3 Å². The molecular formula is C12H13NO. The molecule has 0 saturated carbocycles. The van der Waals surface area contributed by atoms with Gasteiger partial charge in [-0.1, -0.05) is 12.6 Å². The molecule has 0 aliphatic rings. The van der Waals surface area contributed by atoms with Crippen LogP contribution in [-0.4, -0.2) is 6.54 Å². The molecule has 72 valence electrons. The highest BCUT2D eigenvalue weighted by Gasteiger charge is 2.01. The Kier molecular flexibility index (Phi) is 2.37. The van der Waals surface area contributed by atoms with Gasteiger partial charge in [0.2, 0.25) is 0 Å². The molecule has 0 aliphatic carbocycles.